The predicted octanol–water partition coefficient (Wildman–Crippen LogP) is 3.21. The van der Waals surface area contributed by atoms with E-state index in [1.807, 2.05) is 25.1 Å². The van der Waals surface area contributed by atoms with E-state index in [2.05, 4.69) is 17.4 Å². The van der Waals surface area contributed by atoms with E-state index in [0.717, 1.165) is 30.6 Å². The standard InChI is InChI=1S/C20H26N2O3S2/c1-16(9-10-17-7-3-2-4-8-17)21-19(23)15-18-11-12-20(26-18)27(24,25)22-13-5-6-14-22/h2-4,7-8,11-12,16H,5-6,9-10,13-15H2,1H3,(H,21,23). The summed E-state index contributed by atoms with van der Waals surface area (Å²) in [6.45, 7) is 3.18. The van der Waals surface area contributed by atoms with E-state index in [4.69, 9.17) is 0 Å². The van der Waals surface area contributed by atoms with Crippen molar-refractivity contribution >= 4 is 27.3 Å². The van der Waals surface area contributed by atoms with Crippen LogP contribution in [0.25, 0.3) is 0 Å². The van der Waals surface area contributed by atoms with Gasteiger partial charge in [-0.15, -0.1) is 11.3 Å². The topological polar surface area (TPSA) is 66.5 Å². The van der Waals surface area contributed by atoms with Crippen LogP contribution in [0.15, 0.2) is 46.7 Å². The molecule has 146 valence electrons. The van der Waals surface area contributed by atoms with E-state index in [-0.39, 0.29) is 18.4 Å². The van der Waals surface area contributed by atoms with Crippen LogP contribution in [0.1, 0.15) is 36.6 Å². The van der Waals surface area contributed by atoms with Crippen molar-refractivity contribution in [2.45, 2.75) is 49.3 Å². The van der Waals surface area contributed by atoms with Gasteiger partial charge in [0.2, 0.25) is 5.91 Å². The fourth-order valence-corrected chi connectivity index (χ4v) is 6.26. The zero-order valence-corrected chi connectivity index (χ0v) is 17.2. The lowest BCUT2D eigenvalue weighted by molar-refractivity contribution is -0.121. The van der Waals surface area contributed by atoms with Crippen LogP contribution < -0.4 is 5.32 Å². The largest absolute Gasteiger partial charge is 0.353 e. The van der Waals surface area contributed by atoms with Gasteiger partial charge in [0.1, 0.15) is 4.21 Å². The first-order valence-electron chi connectivity index (χ1n) is 9.37. The number of benzene rings is 1. The quantitative estimate of drug-likeness (QED) is 0.732. The van der Waals surface area contributed by atoms with Gasteiger partial charge in [-0.1, -0.05) is 30.3 Å². The summed E-state index contributed by atoms with van der Waals surface area (Å²) in [7, 11) is -3.40. The summed E-state index contributed by atoms with van der Waals surface area (Å²) >= 11 is 1.20. The molecule has 3 rings (SSSR count). The van der Waals surface area contributed by atoms with Crippen LogP contribution in [0.3, 0.4) is 0 Å². The third-order valence-electron chi connectivity index (χ3n) is 4.75. The molecule has 1 unspecified atom stereocenters. The van der Waals surface area contributed by atoms with E-state index in [1.54, 1.807) is 12.1 Å². The molecule has 0 spiro atoms. The van der Waals surface area contributed by atoms with Gasteiger partial charge in [0.15, 0.2) is 0 Å². The van der Waals surface area contributed by atoms with Crippen LogP contribution in [0.4, 0.5) is 0 Å². The SMILES string of the molecule is CC(CCc1ccccc1)NC(=O)Cc1ccc(S(=O)(=O)N2CCCC2)s1. The average molecular weight is 407 g/mol. The number of hydrogen-bond donors (Lipinski definition) is 1. The van der Waals surface area contributed by atoms with Crippen molar-refractivity contribution in [3.8, 4) is 0 Å². The molecule has 1 saturated heterocycles. The summed E-state index contributed by atoms with van der Waals surface area (Å²) in [5.74, 6) is -0.0671. The van der Waals surface area contributed by atoms with Crippen LogP contribution in [-0.4, -0.2) is 37.8 Å². The average Bonchev–Trinajstić information content (AvgIpc) is 3.33. The summed E-state index contributed by atoms with van der Waals surface area (Å²) in [4.78, 5) is 13.1. The van der Waals surface area contributed by atoms with Gasteiger partial charge < -0.3 is 5.32 Å². The molecule has 0 saturated carbocycles. The number of carbonyl (C=O) groups excluding carboxylic acids is 1. The number of rotatable bonds is 8. The van der Waals surface area contributed by atoms with Crippen LogP contribution in [0, 0.1) is 0 Å². The highest BCUT2D eigenvalue weighted by Gasteiger charge is 2.28. The molecule has 1 atom stereocenters. The number of carbonyl (C=O) groups is 1. The van der Waals surface area contributed by atoms with Gasteiger partial charge in [-0.25, -0.2) is 8.42 Å². The Morgan fingerprint density at radius 1 is 1.15 bits per heavy atom. The first-order chi connectivity index (χ1) is 12.9. The molecule has 5 nitrogen and oxygen atoms in total. The Balaban J connectivity index is 1.50. The summed E-state index contributed by atoms with van der Waals surface area (Å²) in [6, 6.07) is 13.7. The molecule has 1 aliphatic heterocycles. The Bertz CT molecular complexity index is 856. The van der Waals surface area contributed by atoms with Gasteiger partial charge >= 0.3 is 0 Å². The maximum Gasteiger partial charge on any atom is 0.252 e. The number of nitrogens with one attached hydrogen (secondary N) is 1. The molecule has 2 aromatic rings. The maximum atomic E-state index is 12.6. The minimum absolute atomic E-state index is 0.0671. The highest BCUT2D eigenvalue weighted by Crippen LogP contribution is 2.27. The van der Waals surface area contributed by atoms with Crippen LogP contribution in [0.5, 0.6) is 0 Å². The number of hydrogen-bond acceptors (Lipinski definition) is 4. The summed E-state index contributed by atoms with van der Waals surface area (Å²) < 4.78 is 27.0. The monoisotopic (exact) mass is 406 g/mol. The summed E-state index contributed by atoms with van der Waals surface area (Å²) in [5, 5.41) is 3.01. The fourth-order valence-electron chi connectivity index (χ4n) is 3.23. The molecule has 1 aromatic heterocycles. The Labute approximate surface area is 165 Å². The molecule has 2 heterocycles. The molecule has 7 heteroatoms. The van der Waals surface area contributed by atoms with E-state index in [1.165, 1.54) is 21.2 Å². The van der Waals surface area contributed by atoms with Gasteiger partial charge in [0.25, 0.3) is 10.0 Å². The second kappa shape index (κ2) is 8.99. The Morgan fingerprint density at radius 2 is 1.85 bits per heavy atom. The Kier molecular flexibility index (Phi) is 6.68. The second-order valence-corrected chi connectivity index (χ2v) is 10.3. The summed E-state index contributed by atoms with van der Waals surface area (Å²) in [6.07, 6.45) is 3.84. The molecule has 0 bridgehead atoms. The van der Waals surface area contributed by atoms with Crippen LogP contribution in [-0.2, 0) is 27.7 Å². The lowest BCUT2D eigenvalue weighted by Crippen LogP contribution is -2.33. The molecular weight excluding hydrogens is 380 g/mol. The molecule has 1 aliphatic rings. The van der Waals surface area contributed by atoms with Gasteiger partial charge in [-0.05, 0) is 50.3 Å². The van der Waals surface area contributed by atoms with E-state index >= 15 is 0 Å². The molecule has 27 heavy (non-hydrogen) atoms. The fraction of sp³-hybridized carbons (Fsp3) is 0.450. The van der Waals surface area contributed by atoms with Crippen molar-refractivity contribution in [2.75, 3.05) is 13.1 Å². The van der Waals surface area contributed by atoms with Crippen molar-refractivity contribution in [1.82, 2.24) is 9.62 Å². The highest BCUT2D eigenvalue weighted by molar-refractivity contribution is 7.91. The van der Waals surface area contributed by atoms with Crippen molar-refractivity contribution in [1.29, 1.82) is 0 Å². The van der Waals surface area contributed by atoms with E-state index in [9.17, 15) is 13.2 Å². The predicted molar refractivity (Wildman–Crippen MR) is 108 cm³/mol. The third-order valence-corrected chi connectivity index (χ3v) is 8.20. The van der Waals surface area contributed by atoms with E-state index < -0.39 is 10.0 Å². The number of nitrogens with zero attached hydrogens (tertiary/aromatic N) is 1. The first-order valence-corrected chi connectivity index (χ1v) is 11.6. The maximum absolute atomic E-state index is 12.6. The molecule has 1 N–H and O–H groups in total. The number of amides is 1. The molecule has 1 amide bonds. The summed E-state index contributed by atoms with van der Waals surface area (Å²) in [5.41, 5.74) is 1.26. The zero-order chi connectivity index (χ0) is 19.3. The lowest BCUT2D eigenvalue weighted by atomic mass is 10.1. The zero-order valence-electron chi connectivity index (χ0n) is 15.6. The molecule has 1 aromatic carbocycles. The smallest absolute Gasteiger partial charge is 0.252 e. The van der Waals surface area contributed by atoms with Crippen molar-refractivity contribution in [2.24, 2.45) is 0 Å². The number of sulfonamides is 1. The van der Waals surface area contributed by atoms with Gasteiger partial charge in [0, 0.05) is 24.0 Å². The van der Waals surface area contributed by atoms with Crippen molar-refractivity contribution < 1.29 is 13.2 Å². The Hall–Kier alpha value is -1.70. The minimum Gasteiger partial charge on any atom is -0.353 e. The van der Waals surface area contributed by atoms with Crippen LogP contribution >= 0.6 is 11.3 Å². The Morgan fingerprint density at radius 3 is 2.56 bits per heavy atom. The highest BCUT2D eigenvalue weighted by atomic mass is 32.2. The normalized spacial score (nSPS) is 16.3. The third kappa shape index (κ3) is 5.40. The number of aryl methyl sites for hydroxylation is 1. The van der Waals surface area contributed by atoms with Gasteiger partial charge in [0.05, 0.1) is 6.42 Å². The first kappa shape index (κ1) is 20.0. The molecule has 1 fully saturated rings. The van der Waals surface area contributed by atoms with Gasteiger partial charge in [-0.3, -0.25) is 4.79 Å². The molecule has 0 radical (unpaired) electrons. The lowest BCUT2D eigenvalue weighted by Gasteiger charge is -2.14. The van der Waals surface area contributed by atoms with Crippen molar-refractivity contribution in [3.63, 3.8) is 0 Å². The molecular formula is C20H26N2O3S2. The number of thiophene rings is 1. The van der Waals surface area contributed by atoms with Crippen LogP contribution in [0.2, 0.25) is 0 Å². The van der Waals surface area contributed by atoms with E-state index in [0.29, 0.717) is 17.3 Å². The minimum atomic E-state index is -3.40. The molecule has 0 aliphatic carbocycles. The van der Waals surface area contributed by atoms with Crippen molar-refractivity contribution in [3.05, 3.63) is 52.9 Å². The second-order valence-electron chi connectivity index (χ2n) is 7.00. The van der Waals surface area contributed by atoms with Gasteiger partial charge in [-0.2, -0.15) is 4.31 Å².